The van der Waals surface area contributed by atoms with Gasteiger partial charge in [-0.15, -0.1) is 0 Å². The Kier molecular flexibility index (Phi) is 8.78. The third-order valence-electron chi connectivity index (χ3n) is 5.85. The molecule has 0 saturated heterocycles. The van der Waals surface area contributed by atoms with Gasteiger partial charge >= 0.3 is 6.18 Å². The first-order valence-corrected chi connectivity index (χ1v) is 11.1. The van der Waals surface area contributed by atoms with Crippen LogP contribution in [0.25, 0.3) is 0 Å². The molecular formula is C25H29ClF4N2O. The van der Waals surface area contributed by atoms with Crippen LogP contribution in [0.5, 0.6) is 5.75 Å². The van der Waals surface area contributed by atoms with Crippen molar-refractivity contribution in [1.82, 2.24) is 5.32 Å². The van der Waals surface area contributed by atoms with Crippen molar-refractivity contribution in [3.8, 4) is 11.8 Å². The number of ether oxygens (including phenoxy) is 1. The van der Waals surface area contributed by atoms with Gasteiger partial charge in [-0.2, -0.15) is 18.4 Å². The number of methoxy groups -OCH3 is 1. The number of benzene rings is 2. The fourth-order valence-corrected chi connectivity index (χ4v) is 4.38. The van der Waals surface area contributed by atoms with Gasteiger partial charge in [0.05, 0.1) is 18.7 Å². The highest BCUT2D eigenvalue weighted by atomic mass is 35.5. The maximum atomic E-state index is 14.8. The molecule has 0 amide bonds. The molecule has 0 bridgehead atoms. The molecule has 0 aliphatic heterocycles. The summed E-state index contributed by atoms with van der Waals surface area (Å²) < 4.78 is 63.8. The molecule has 0 aliphatic carbocycles. The van der Waals surface area contributed by atoms with Gasteiger partial charge in [0.15, 0.2) is 0 Å². The maximum Gasteiger partial charge on any atom is 0.406 e. The SMILES string of the molecule is CCCCNC(Cc1ccc(C#N)cc1Cl)(CC(C)(C)c1cc(F)ccc1OC)C(F)(F)F. The van der Waals surface area contributed by atoms with E-state index in [1.165, 1.54) is 43.5 Å². The standard InChI is InChI=1S/C25H29ClF4N2O/c1-5-6-11-32-24(25(28,29)30,14-18-8-7-17(15-31)12-21(18)26)16-23(2,3)20-13-19(27)9-10-22(20)33-4/h7-10,12-13,32H,5-6,11,14,16H2,1-4H3. The van der Waals surface area contributed by atoms with Crippen LogP contribution in [-0.2, 0) is 11.8 Å². The molecule has 3 nitrogen and oxygen atoms in total. The molecule has 180 valence electrons. The average Bonchev–Trinajstić information content (AvgIpc) is 2.74. The minimum atomic E-state index is -4.64. The number of nitrogens with zero attached hydrogens (tertiary/aromatic N) is 1. The predicted octanol–water partition coefficient (Wildman–Crippen LogP) is 6.96. The summed E-state index contributed by atoms with van der Waals surface area (Å²) in [4.78, 5) is 0. The van der Waals surface area contributed by atoms with E-state index < -0.39 is 29.4 Å². The second-order valence-electron chi connectivity index (χ2n) is 8.86. The summed E-state index contributed by atoms with van der Waals surface area (Å²) in [5.74, 6) is -0.229. The number of rotatable bonds is 10. The van der Waals surface area contributed by atoms with E-state index in [0.717, 1.165) is 6.42 Å². The minimum absolute atomic E-state index is 0.0982. The summed E-state index contributed by atoms with van der Waals surface area (Å²) in [6.07, 6.45) is -4.19. The van der Waals surface area contributed by atoms with E-state index in [0.29, 0.717) is 17.7 Å². The fraction of sp³-hybridized carbons (Fsp3) is 0.480. The Morgan fingerprint density at radius 3 is 2.36 bits per heavy atom. The number of hydrogen-bond acceptors (Lipinski definition) is 3. The number of hydrogen-bond donors (Lipinski definition) is 1. The highest BCUT2D eigenvalue weighted by molar-refractivity contribution is 6.31. The van der Waals surface area contributed by atoms with E-state index in [9.17, 15) is 17.6 Å². The zero-order chi connectivity index (χ0) is 24.9. The lowest BCUT2D eigenvalue weighted by Crippen LogP contribution is -2.61. The van der Waals surface area contributed by atoms with Crippen molar-refractivity contribution < 1.29 is 22.3 Å². The van der Waals surface area contributed by atoms with Crippen molar-refractivity contribution in [1.29, 1.82) is 5.26 Å². The van der Waals surface area contributed by atoms with Gasteiger partial charge in [-0.25, -0.2) is 4.39 Å². The summed E-state index contributed by atoms with van der Waals surface area (Å²) in [6, 6.07) is 10.1. The first-order chi connectivity index (χ1) is 15.4. The molecular weight excluding hydrogens is 456 g/mol. The van der Waals surface area contributed by atoms with E-state index in [4.69, 9.17) is 21.6 Å². The molecule has 1 N–H and O–H groups in total. The average molecular weight is 485 g/mol. The quantitative estimate of drug-likeness (QED) is 0.293. The summed E-state index contributed by atoms with van der Waals surface area (Å²) in [5, 5.41) is 11.9. The zero-order valence-electron chi connectivity index (χ0n) is 19.2. The van der Waals surface area contributed by atoms with Crippen molar-refractivity contribution in [2.75, 3.05) is 13.7 Å². The number of nitrogens with one attached hydrogen (secondary N) is 1. The van der Waals surface area contributed by atoms with E-state index in [1.54, 1.807) is 13.8 Å². The Morgan fingerprint density at radius 1 is 1.12 bits per heavy atom. The van der Waals surface area contributed by atoms with Crippen LogP contribution in [0.4, 0.5) is 17.6 Å². The topological polar surface area (TPSA) is 45.0 Å². The minimum Gasteiger partial charge on any atom is -0.496 e. The van der Waals surface area contributed by atoms with Crippen LogP contribution in [0.3, 0.4) is 0 Å². The Labute approximate surface area is 197 Å². The van der Waals surface area contributed by atoms with Crippen molar-refractivity contribution in [3.05, 3.63) is 63.9 Å². The highest BCUT2D eigenvalue weighted by Crippen LogP contribution is 2.45. The predicted molar refractivity (Wildman–Crippen MR) is 122 cm³/mol. The molecule has 0 saturated carbocycles. The van der Waals surface area contributed by atoms with Gasteiger partial charge in [0.25, 0.3) is 0 Å². The lowest BCUT2D eigenvalue weighted by molar-refractivity contribution is -0.202. The molecule has 8 heteroatoms. The van der Waals surface area contributed by atoms with Gasteiger partial charge in [-0.1, -0.05) is 44.9 Å². The molecule has 1 atom stereocenters. The van der Waals surface area contributed by atoms with Crippen molar-refractivity contribution >= 4 is 11.6 Å². The number of unbranched alkanes of at least 4 members (excludes halogenated alkanes) is 1. The zero-order valence-corrected chi connectivity index (χ0v) is 20.0. The lowest BCUT2D eigenvalue weighted by atomic mass is 9.71. The molecule has 1 unspecified atom stereocenters. The second-order valence-corrected chi connectivity index (χ2v) is 9.27. The third kappa shape index (κ3) is 6.39. The van der Waals surface area contributed by atoms with Gasteiger partial charge in [-0.05, 0) is 60.7 Å². The van der Waals surface area contributed by atoms with Crippen LogP contribution in [0.1, 0.15) is 56.7 Å². The fourth-order valence-electron chi connectivity index (χ4n) is 4.14. The Bertz CT molecular complexity index is 1000. The summed E-state index contributed by atoms with van der Waals surface area (Å²) in [7, 11) is 1.40. The molecule has 0 heterocycles. The number of nitriles is 1. The Balaban J connectivity index is 2.60. The molecule has 33 heavy (non-hydrogen) atoms. The molecule has 0 aromatic heterocycles. The molecule has 2 aromatic carbocycles. The van der Waals surface area contributed by atoms with Crippen LogP contribution in [0.2, 0.25) is 5.02 Å². The van der Waals surface area contributed by atoms with E-state index >= 15 is 0 Å². The van der Waals surface area contributed by atoms with Crippen molar-refractivity contribution in [3.63, 3.8) is 0 Å². The van der Waals surface area contributed by atoms with Crippen LogP contribution >= 0.6 is 11.6 Å². The van der Waals surface area contributed by atoms with Crippen LogP contribution in [0.15, 0.2) is 36.4 Å². The van der Waals surface area contributed by atoms with Crippen molar-refractivity contribution in [2.45, 2.75) is 63.6 Å². The normalized spacial score (nSPS) is 13.9. The van der Waals surface area contributed by atoms with Gasteiger partial charge in [0.2, 0.25) is 0 Å². The van der Waals surface area contributed by atoms with E-state index in [-0.39, 0.29) is 29.1 Å². The monoisotopic (exact) mass is 484 g/mol. The number of alkyl halides is 3. The molecule has 0 radical (unpaired) electrons. The van der Waals surface area contributed by atoms with Crippen LogP contribution in [-0.4, -0.2) is 25.4 Å². The van der Waals surface area contributed by atoms with Gasteiger partial charge in [0, 0.05) is 17.0 Å². The van der Waals surface area contributed by atoms with E-state index in [1.807, 2.05) is 13.0 Å². The molecule has 2 rings (SSSR count). The van der Waals surface area contributed by atoms with Gasteiger partial charge < -0.3 is 10.1 Å². The smallest absolute Gasteiger partial charge is 0.406 e. The van der Waals surface area contributed by atoms with Crippen LogP contribution in [0, 0.1) is 17.1 Å². The van der Waals surface area contributed by atoms with Crippen LogP contribution < -0.4 is 10.1 Å². The van der Waals surface area contributed by atoms with E-state index in [2.05, 4.69) is 5.32 Å². The van der Waals surface area contributed by atoms with Gasteiger partial charge in [-0.3, -0.25) is 0 Å². The molecule has 0 fully saturated rings. The largest absolute Gasteiger partial charge is 0.496 e. The Morgan fingerprint density at radius 2 is 1.82 bits per heavy atom. The Hall–Kier alpha value is -2.30. The molecule has 0 aliphatic rings. The maximum absolute atomic E-state index is 14.8. The third-order valence-corrected chi connectivity index (χ3v) is 6.20. The molecule has 2 aromatic rings. The highest BCUT2D eigenvalue weighted by Gasteiger charge is 2.56. The van der Waals surface area contributed by atoms with Gasteiger partial charge in [0.1, 0.15) is 17.1 Å². The first-order valence-electron chi connectivity index (χ1n) is 10.7. The number of halogens is 5. The summed E-state index contributed by atoms with van der Waals surface area (Å²) in [6.45, 7) is 5.34. The summed E-state index contributed by atoms with van der Waals surface area (Å²) in [5.41, 5.74) is -2.56. The van der Waals surface area contributed by atoms with Crippen molar-refractivity contribution in [2.24, 2.45) is 0 Å². The molecule has 0 spiro atoms. The second kappa shape index (κ2) is 10.8. The lowest BCUT2D eigenvalue weighted by Gasteiger charge is -2.43. The first kappa shape index (κ1) is 26.9. The summed E-state index contributed by atoms with van der Waals surface area (Å²) >= 11 is 6.27.